The van der Waals surface area contributed by atoms with Gasteiger partial charge in [-0.3, -0.25) is 9.69 Å². The number of hydrogen-bond donors (Lipinski definition) is 1. The fourth-order valence-corrected chi connectivity index (χ4v) is 5.18. The molecule has 1 aromatic carbocycles. The highest BCUT2D eigenvalue weighted by molar-refractivity contribution is 7.89. The third-order valence-electron chi connectivity index (χ3n) is 5.87. The van der Waals surface area contributed by atoms with Crippen molar-refractivity contribution >= 4 is 21.6 Å². The van der Waals surface area contributed by atoms with E-state index in [2.05, 4.69) is 14.9 Å². The Bertz CT molecular complexity index is 1250. The van der Waals surface area contributed by atoms with Crippen molar-refractivity contribution in [3.05, 3.63) is 54.1 Å². The van der Waals surface area contributed by atoms with Crippen LogP contribution in [-0.4, -0.2) is 37.1 Å². The average Bonchev–Trinajstić information content (AvgIpc) is 3.40. The largest absolute Gasteiger partial charge is 0.482 e. The van der Waals surface area contributed by atoms with Crippen LogP contribution >= 0.6 is 0 Å². The van der Waals surface area contributed by atoms with Crippen molar-refractivity contribution in [1.82, 2.24) is 14.9 Å². The number of ether oxygens (including phenoxy) is 1. The van der Waals surface area contributed by atoms with Crippen LogP contribution in [0.5, 0.6) is 5.75 Å². The molecule has 5 rings (SSSR count). The molecule has 3 heterocycles. The molecule has 11 heteroatoms. The maximum atomic E-state index is 13.0. The van der Waals surface area contributed by atoms with Crippen LogP contribution in [0.1, 0.15) is 49.6 Å². The fraction of sp³-hybridized carbons (Fsp3) is 0.409. The Balaban J connectivity index is 1.36. The number of carbonyl (C=O) groups is 1. The van der Waals surface area contributed by atoms with Gasteiger partial charge in [0.05, 0.1) is 23.4 Å². The average molecular weight is 473 g/mol. The lowest BCUT2D eigenvalue weighted by Gasteiger charge is -2.29. The van der Waals surface area contributed by atoms with E-state index in [1.54, 1.807) is 31.4 Å². The minimum absolute atomic E-state index is 0.0270. The summed E-state index contributed by atoms with van der Waals surface area (Å²) in [5.74, 6) is 2.03. The molecule has 3 aromatic rings. The van der Waals surface area contributed by atoms with Crippen molar-refractivity contribution in [1.29, 1.82) is 0 Å². The Morgan fingerprint density at radius 1 is 1.27 bits per heavy atom. The van der Waals surface area contributed by atoms with E-state index in [0.29, 0.717) is 35.3 Å². The first kappa shape index (κ1) is 21.7. The second kappa shape index (κ2) is 8.64. The van der Waals surface area contributed by atoms with E-state index >= 15 is 0 Å². The number of sulfonamides is 1. The van der Waals surface area contributed by atoms with Crippen LogP contribution in [0.2, 0.25) is 0 Å². The third kappa shape index (κ3) is 4.51. The smallest absolute Gasteiger partial charge is 0.265 e. The molecule has 33 heavy (non-hydrogen) atoms. The quantitative estimate of drug-likeness (QED) is 0.530. The summed E-state index contributed by atoms with van der Waals surface area (Å²) in [6.45, 7) is 1.68. The lowest BCUT2D eigenvalue weighted by Crippen LogP contribution is -2.39. The van der Waals surface area contributed by atoms with Gasteiger partial charge in [0.25, 0.3) is 5.91 Å². The monoisotopic (exact) mass is 472 g/mol. The van der Waals surface area contributed by atoms with E-state index in [-0.39, 0.29) is 29.9 Å². The molecular weight excluding hydrogens is 448 g/mol. The topological polar surface area (TPSA) is 128 Å². The highest BCUT2D eigenvalue weighted by Gasteiger charge is 2.31. The van der Waals surface area contributed by atoms with Gasteiger partial charge in [0, 0.05) is 18.4 Å². The molecule has 1 aliphatic carbocycles. The molecule has 1 aliphatic heterocycles. The number of benzene rings is 1. The molecule has 2 aliphatic rings. The van der Waals surface area contributed by atoms with Crippen LogP contribution < -0.4 is 14.4 Å². The maximum Gasteiger partial charge on any atom is 0.265 e. The number of hydrogen-bond acceptors (Lipinski definition) is 8. The number of carbonyl (C=O) groups excluding carboxylic acids is 1. The van der Waals surface area contributed by atoms with E-state index in [0.717, 1.165) is 19.3 Å². The summed E-state index contributed by atoms with van der Waals surface area (Å²) in [7, 11) is -3.85. The molecule has 1 fully saturated rings. The van der Waals surface area contributed by atoms with Crippen LogP contribution in [0, 0.1) is 0 Å². The predicted molar refractivity (Wildman–Crippen MR) is 116 cm³/mol. The normalized spacial score (nSPS) is 17.4. The fourth-order valence-electron chi connectivity index (χ4n) is 3.92. The van der Waals surface area contributed by atoms with Gasteiger partial charge in [-0.15, -0.1) is 0 Å². The zero-order valence-electron chi connectivity index (χ0n) is 18.1. The molecule has 174 valence electrons. The lowest BCUT2D eigenvalue weighted by molar-refractivity contribution is -0.121. The zero-order valence-corrected chi connectivity index (χ0v) is 18.9. The third-order valence-corrected chi connectivity index (χ3v) is 7.45. The Morgan fingerprint density at radius 2 is 2.12 bits per heavy atom. The number of aromatic nitrogens is 2. The van der Waals surface area contributed by atoms with Crippen LogP contribution in [0.4, 0.5) is 5.69 Å². The Kier molecular flexibility index (Phi) is 5.67. The molecular formula is C22H24N4O6S. The number of amides is 1. The molecule has 0 spiro atoms. The summed E-state index contributed by atoms with van der Waals surface area (Å²) < 4.78 is 44.8. The SMILES string of the molecule is CC(Cc1ccco1)NS(=O)(=O)c1ccc2c(c1)N(Cc1noc(C3CCC3)n1)C(=O)CO2. The summed E-state index contributed by atoms with van der Waals surface area (Å²) in [5.41, 5.74) is 0.350. The molecule has 1 saturated carbocycles. The van der Waals surface area contributed by atoms with Crippen LogP contribution in [0.3, 0.4) is 0 Å². The Morgan fingerprint density at radius 3 is 2.85 bits per heavy atom. The number of fused-ring (bicyclic) bond motifs is 1. The van der Waals surface area contributed by atoms with Gasteiger partial charge in [-0.25, -0.2) is 13.1 Å². The molecule has 0 saturated heterocycles. The number of nitrogens with zero attached hydrogens (tertiary/aromatic N) is 3. The number of anilines is 1. The first-order valence-corrected chi connectivity index (χ1v) is 12.3. The standard InChI is InChI=1S/C22H24N4O6S/c1-14(10-16-6-3-9-30-16)25-33(28,29)17-7-8-19-18(11-17)26(21(27)13-31-19)12-20-23-22(32-24-20)15-4-2-5-15/h3,6-9,11,14-15,25H,2,4-5,10,12-13H2,1H3. The van der Waals surface area contributed by atoms with Crippen molar-refractivity contribution in [3.8, 4) is 5.75 Å². The second-order valence-corrected chi connectivity index (χ2v) is 10.1. The number of furan rings is 1. The number of rotatable bonds is 8. The van der Waals surface area contributed by atoms with Crippen molar-refractivity contribution in [3.63, 3.8) is 0 Å². The Hall–Kier alpha value is -3.18. The van der Waals surface area contributed by atoms with E-state index < -0.39 is 16.1 Å². The molecule has 0 bridgehead atoms. The van der Waals surface area contributed by atoms with Gasteiger partial charge in [-0.05, 0) is 50.1 Å². The summed E-state index contributed by atoms with van der Waals surface area (Å²) in [5, 5.41) is 4.01. The lowest BCUT2D eigenvalue weighted by atomic mass is 9.85. The maximum absolute atomic E-state index is 13.0. The van der Waals surface area contributed by atoms with Gasteiger partial charge in [-0.2, -0.15) is 4.98 Å². The van der Waals surface area contributed by atoms with Crippen LogP contribution in [0.25, 0.3) is 0 Å². The zero-order chi connectivity index (χ0) is 23.0. The van der Waals surface area contributed by atoms with Crippen molar-refractivity contribution in [2.75, 3.05) is 11.5 Å². The molecule has 10 nitrogen and oxygen atoms in total. The van der Waals surface area contributed by atoms with Crippen LogP contribution in [0.15, 0.2) is 50.4 Å². The highest BCUT2D eigenvalue weighted by atomic mass is 32.2. The van der Waals surface area contributed by atoms with Crippen molar-refractivity contribution in [2.24, 2.45) is 0 Å². The van der Waals surface area contributed by atoms with Crippen molar-refractivity contribution < 1.29 is 26.9 Å². The molecule has 0 radical (unpaired) electrons. The first-order valence-electron chi connectivity index (χ1n) is 10.8. The second-order valence-electron chi connectivity index (χ2n) is 8.38. The summed E-state index contributed by atoms with van der Waals surface area (Å²) in [6, 6.07) is 7.59. The molecule has 1 N–H and O–H groups in total. The van der Waals surface area contributed by atoms with E-state index in [1.807, 2.05) is 0 Å². The van der Waals surface area contributed by atoms with Gasteiger partial charge < -0.3 is 13.7 Å². The summed E-state index contributed by atoms with van der Waals surface area (Å²) in [4.78, 5) is 18.5. The minimum atomic E-state index is -3.85. The van der Waals surface area contributed by atoms with E-state index in [1.165, 1.54) is 17.0 Å². The first-order chi connectivity index (χ1) is 15.9. The summed E-state index contributed by atoms with van der Waals surface area (Å²) in [6.07, 6.45) is 5.14. The molecule has 2 aromatic heterocycles. The van der Waals surface area contributed by atoms with Gasteiger partial charge in [-0.1, -0.05) is 11.6 Å². The van der Waals surface area contributed by atoms with Gasteiger partial charge in [0.15, 0.2) is 12.4 Å². The molecule has 1 unspecified atom stereocenters. The molecule has 1 amide bonds. The van der Waals surface area contributed by atoms with E-state index in [4.69, 9.17) is 13.7 Å². The van der Waals surface area contributed by atoms with E-state index in [9.17, 15) is 13.2 Å². The minimum Gasteiger partial charge on any atom is -0.482 e. The van der Waals surface area contributed by atoms with Gasteiger partial charge in [0.1, 0.15) is 11.5 Å². The molecule has 1 atom stereocenters. The predicted octanol–water partition coefficient (Wildman–Crippen LogP) is 2.77. The van der Waals surface area contributed by atoms with Crippen molar-refractivity contribution in [2.45, 2.75) is 56.0 Å². The van der Waals surface area contributed by atoms with Crippen LogP contribution in [-0.2, 0) is 27.8 Å². The van der Waals surface area contributed by atoms with Gasteiger partial charge in [0.2, 0.25) is 15.9 Å². The van der Waals surface area contributed by atoms with Gasteiger partial charge >= 0.3 is 0 Å². The number of nitrogens with one attached hydrogen (secondary N) is 1. The highest BCUT2D eigenvalue weighted by Crippen LogP contribution is 2.37. The Labute approximate surface area is 191 Å². The summed E-state index contributed by atoms with van der Waals surface area (Å²) >= 11 is 0.